The van der Waals surface area contributed by atoms with Crippen molar-refractivity contribution in [2.45, 2.75) is 32.4 Å². The van der Waals surface area contributed by atoms with E-state index in [-0.39, 0.29) is 0 Å². The van der Waals surface area contributed by atoms with Gasteiger partial charge in [-0.25, -0.2) is 15.0 Å². The summed E-state index contributed by atoms with van der Waals surface area (Å²) < 4.78 is 5.46. The van der Waals surface area contributed by atoms with Crippen molar-refractivity contribution in [3.8, 4) is 0 Å². The Balaban J connectivity index is 1.56. The van der Waals surface area contributed by atoms with Gasteiger partial charge in [0.2, 0.25) is 0 Å². The molecule has 0 aliphatic carbocycles. The Morgan fingerprint density at radius 3 is 2.81 bits per heavy atom. The van der Waals surface area contributed by atoms with Gasteiger partial charge in [0.25, 0.3) is 0 Å². The number of rotatable bonds is 5. The number of hydrogen-bond acceptors (Lipinski definition) is 7. The molecule has 27 heavy (non-hydrogen) atoms. The molecule has 0 aromatic carbocycles. The molecule has 3 aromatic heterocycles. The summed E-state index contributed by atoms with van der Waals surface area (Å²) in [6.45, 7) is 4.50. The lowest BCUT2D eigenvalue weighted by Gasteiger charge is -2.32. The lowest BCUT2D eigenvalue weighted by Crippen LogP contribution is -2.37. The first-order valence-electron chi connectivity index (χ1n) is 9.28. The fourth-order valence-electron chi connectivity index (χ4n) is 3.45. The van der Waals surface area contributed by atoms with Crippen LogP contribution in [0.1, 0.15) is 24.2 Å². The molecule has 0 bridgehead atoms. The highest BCUT2D eigenvalue weighted by Crippen LogP contribution is 2.26. The average molecular weight is 364 g/mol. The summed E-state index contributed by atoms with van der Waals surface area (Å²) in [6.07, 6.45) is 5.78. The van der Waals surface area contributed by atoms with Crippen LogP contribution in [-0.4, -0.2) is 46.2 Å². The van der Waals surface area contributed by atoms with E-state index in [0.29, 0.717) is 12.6 Å². The third kappa shape index (κ3) is 3.98. The molecule has 1 aliphatic rings. The summed E-state index contributed by atoms with van der Waals surface area (Å²) in [4.78, 5) is 20.2. The molecule has 0 spiro atoms. The van der Waals surface area contributed by atoms with Crippen LogP contribution in [0.4, 0.5) is 11.6 Å². The van der Waals surface area contributed by atoms with Gasteiger partial charge in [0.1, 0.15) is 18.0 Å². The zero-order valence-electron chi connectivity index (χ0n) is 15.7. The van der Waals surface area contributed by atoms with E-state index in [1.54, 1.807) is 13.4 Å². The van der Waals surface area contributed by atoms with Crippen LogP contribution in [0.3, 0.4) is 0 Å². The number of nitrogens with one attached hydrogen (secondary N) is 1. The third-order valence-electron chi connectivity index (χ3n) is 4.99. The molecular weight excluding hydrogens is 340 g/mol. The number of pyridine rings is 2. The number of piperidine rings is 1. The number of fused-ring (bicyclic) bond motifs is 1. The van der Waals surface area contributed by atoms with Crippen LogP contribution in [0.15, 0.2) is 36.8 Å². The highest BCUT2D eigenvalue weighted by atomic mass is 16.5. The second kappa shape index (κ2) is 7.84. The second-order valence-electron chi connectivity index (χ2n) is 6.83. The highest BCUT2D eigenvalue weighted by Gasteiger charge is 2.20. The highest BCUT2D eigenvalue weighted by molar-refractivity contribution is 5.90. The number of nitrogens with zero attached hydrogens (tertiary/aromatic N) is 5. The first-order valence-corrected chi connectivity index (χ1v) is 9.28. The summed E-state index contributed by atoms with van der Waals surface area (Å²) in [5, 5.41) is 4.37. The van der Waals surface area contributed by atoms with Crippen LogP contribution in [0.25, 0.3) is 10.9 Å². The van der Waals surface area contributed by atoms with Gasteiger partial charge in [-0.15, -0.1) is 0 Å². The molecule has 140 valence electrons. The number of hydrogen-bond donors (Lipinski definition) is 1. The Bertz CT molecular complexity index is 923. The number of methoxy groups -OCH3 is 1. The molecule has 0 saturated carbocycles. The normalized spacial score (nSPS) is 15.3. The Labute approximate surface area is 158 Å². The molecule has 1 aliphatic heterocycles. The molecule has 1 saturated heterocycles. The summed E-state index contributed by atoms with van der Waals surface area (Å²) >= 11 is 0. The van der Waals surface area contributed by atoms with Crippen LogP contribution in [-0.2, 0) is 11.3 Å². The number of aryl methyl sites for hydroxylation is 1. The van der Waals surface area contributed by atoms with E-state index < -0.39 is 0 Å². The maximum atomic E-state index is 5.46. The van der Waals surface area contributed by atoms with Gasteiger partial charge < -0.3 is 15.0 Å². The van der Waals surface area contributed by atoms with Crippen LogP contribution >= 0.6 is 0 Å². The second-order valence-corrected chi connectivity index (χ2v) is 6.83. The average Bonchev–Trinajstić information content (AvgIpc) is 2.72. The van der Waals surface area contributed by atoms with E-state index in [2.05, 4.69) is 36.2 Å². The minimum atomic E-state index is 0.351. The standard InChI is InChI=1S/C20H24N6O/c1-14-4-3-5-15(25-14)11-22-20-17-10-19(21-12-18(17)23-13-24-20)26-8-6-16(27-2)7-9-26/h3-5,10,12-13,16H,6-9,11H2,1-2H3,(H,22,23,24). The predicted octanol–water partition coefficient (Wildman–Crippen LogP) is 2.96. The number of aromatic nitrogens is 4. The fourth-order valence-corrected chi connectivity index (χ4v) is 3.45. The molecule has 1 N–H and O–H groups in total. The van der Waals surface area contributed by atoms with Gasteiger partial charge in [0.15, 0.2) is 0 Å². The smallest absolute Gasteiger partial charge is 0.137 e. The summed E-state index contributed by atoms with van der Waals surface area (Å²) in [5.74, 6) is 1.77. The lowest BCUT2D eigenvalue weighted by atomic mass is 10.1. The Hall–Kier alpha value is -2.80. The fraction of sp³-hybridized carbons (Fsp3) is 0.400. The molecule has 0 unspecified atom stereocenters. The first kappa shape index (κ1) is 17.6. The maximum Gasteiger partial charge on any atom is 0.137 e. The van der Waals surface area contributed by atoms with Gasteiger partial charge in [0, 0.05) is 31.3 Å². The molecule has 4 heterocycles. The Morgan fingerprint density at radius 1 is 1.19 bits per heavy atom. The van der Waals surface area contributed by atoms with Crippen molar-refractivity contribution >= 4 is 22.5 Å². The molecule has 7 nitrogen and oxygen atoms in total. The van der Waals surface area contributed by atoms with Gasteiger partial charge in [-0.05, 0) is 38.0 Å². The Morgan fingerprint density at radius 2 is 2.04 bits per heavy atom. The van der Waals surface area contributed by atoms with E-state index in [1.165, 1.54) is 0 Å². The quantitative estimate of drug-likeness (QED) is 0.746. The van der Waals surface area contributed by atoms with Gasteiger partial charge >= 0.3 is 0 Å². The van der Waals surface area contributed by atoms with Crippen molar-refractivity contribution in [2.75, 3.05) is 30.4 Å². The first-order chi connectivity index (χ1) is 13.2. The van der Waals surface area contributed by atoms with Crippen molar-refractivity contribution in [3.05, 3.63) is 48.2 Å². The van der Waals surface area contributed by atoms with Crippen molar-refractivity contribution in [1.82, 2.24) is 19.9 Å². The molecule has 3 aromatic rings. The van der Waals surface area contributed by atoms with E-state index in [9.17, 15) is 0 Å². The van der Waals surface area contributed by atoms with Crippen LogP contribution in [0.2, 0.25) is 0 Å². The molecule has 7 heteroatoms. The maximum absolute atomic E-state index is 5.46. The molecule has 4 rings (SSSR count). The monoisotopic (exact) mass is 364 g/mol. The lowest BCUT2D eigenvalue weighted by molar-refractivity contribution is 0.0818. The SMILES string of the molecule is COC1CCN(c2cc3c(NCc4cccc(C)n4)ncnc3cn2)CC1. The zero-order valence-corrected chi connectivity index (χ0v) is 15.7. The van der Waals surface area contributed by atoms with Gasteiger partial charge in [-0.1, -0.05) is 6.07 Å². The van der Waals surface area contributed by atoms with E-state index in [1.807, 2.05) is 31.3 Å². The largest absolute Gasteiger partial charge is 0.381 e. The molecular formula is C20H24N6O. The van der Waals surface area contributed by atoms with Crippen molar-refractivity contribution in [2.24, 2.45) is 0 Å². The van der Waals surface area contributed by atoms with Crippen LogP contribution < -0.4 is 10.2 Å². The molecule has 0 amide bonds. The van der Waals surface area contributed by atoms with E-state index in [0.717, 1.165) is 59.9 Å². The summed E-state index contributed by atoms with van der Waals surface area (Å²) in [5.41, 5.74) is 2.82. The van der Waals surface area contributed by atoms with Crippen LogP contribution in [0, 0.1) is 6.92 Å². The van der Waals surface area contributed by atoms with Crippen molar-refractivity contribution < 1.29 is 4.74 Å². The van der Waals surface area contributed by atoms with Gasteiger partial charge in [0.05, 0.1) is 30.1 Å². The van der Waals surface area contributed by atoms with Gasteiger partial charge in [-0.2, -0.15) is 0 Å². The van der Waals surface area contributed by atoms with E-state index >= 15 is 0 Å². The van der Waals surface area contributed by atoms with Gasteiger partial charge in [-0.3, -0.25) is 4.98 Å². The number of ether oxygens (including phenoxy) is 1. The van der Waals surface area contributed by atoms with E-state index in [4.69, 9.17) is 4.74 Å². The minimum absolute atomic E-state index is 0.351. The summed E-state index contributed by atoms with van der Waals surface area (Å²) in [7, 11) is 1.78. The topological polar surface area (TPSA) is 76.1 Å². The number of anilines is 2. The third-order valence-corrected chi connectivity index (χ3v) is 4.99. The predicted molar refractivity (Wildman–Crippen MR) is 106 cm³/mol. The van der Waals surface area contributed by atoms with Crippen molar-refractivity contribution in [1.29, 1.82) is 0 Å². The Kier molecular flexibility index (Phi) is 5.11. The summed E-state index contributed by atoms with van der Waals surface area (Å²) in [6, 6.07) is 8.10. The van der Waals surface area contributed by atoms with Crippen molar-refractivity contribution in [3.63, 3.8) is 0 Å². The molecule has 0 radical (unpaired) electrons. The molecule has 0 atom stereocenters. The minimum Gasteiger partial charge on any atom is -0.381 e. The molecule has 1 fully saturated rings. The zero-order chi connectivity index (χ0) is 18.6. The van der Waals surface area contributed by atoms with Crippen LogP contribution in [0.5, 0.6) is 0 Å².